The summed E-state index contributed by atoms with van der Waals surface area (Å²) < 4.78 is 25.9. The Labute approximate surface area is 136 Å². The first-order chi connectivity index (χ1) is 10.8. The molecule has 0 bridgehead atoms. The van der Waals surface area contributed by atoms with E-state index in [1.165, 1.54) is 0 Å². The van der Waals surface area contributed by atoms with Crippen LogP contribution in [0.5, 0.6) is 0 Å². The molecule has 1 heterocycles. The third-order valence-electron chi connectivity index (χ3n) is 2.79. The average Bonchev–Trinajstić information content (AvgIpc) is 2.83. The van der Waals surface area contributed by atoms with Crippen molar-refractivity contribution in [3.63, 3.8) is 0 Å². The number of nitrogens with one attached hydrogen (secondary N) is 1. The first kappa shape index (κ1) is 19.4. The van der Waals surface area contributed by atoms with Gasteiger partial charge in [0.05, 0.1) is 19.8 Å². The number of hydrogen-bond acceptors (Lipinski definition) is 7. The van der Waals surface area contributed by atoms with Crippen molar-refractivity contribution in [2.75, 3.05) is 39.6 Å². The van der Waals surface area contributed by atoms with Gasteiger partial charge in [-0.2, -0.15) is 0 Å². The minimum Gasteiger partial charge on any atom is -0.460 e. The zero-order valence-electron chi connectivity index (χ0n) is 13.9. The molecule has 132 valence electrons. The van der Waals surface area contributed by atoms with Gasteiger partial charge in [-0.15, -0.1) is 0 Å². The quantitative estimate of drug-likeness (QED) is 0.383. The van der Waals surface area contributed by atoms with Gasteiger partial charge in [0.25, 0.3) is 0 Å². The molecular weight excluding hydrogens is 306 g/mol. The largest absolute Gasteiger partial charge is 0.460 e. The van der Waals surface area contributed by atoms with Gasteiger partial charge in [-0.05, 0) is 20.8 Å². The molecule has 1 saturated heterocycles. The van der Waals surface area contributed by atoms with Crippen molar-refractivity contribution in [2.24, 2.45) is 0 Å². The lowest BCUT2D eigenvalue weighted by Crippen LogP contribution is -2.32. The van der Waals surface area contributed by atoms with E-state index >= 15 is 0 Å². The Morgan fingerprint density at radius 1 is 1.26 bits per heavy atom. The van der Waals surface area contributed by atoms with Crippen LogP contribution >= 0.6 is 0 Å². The zero-order chi connectivity index (χ0) is 17.3. The molecule has 1 unspecified atom stereocenters. The van der Waals surface area contributed by atoms with Gasteiger partial charge < -0.3 is 29.0 Å². The van der Waals surface area contributed by atoms with Gasteiger partial charge in [-0.1, -0.05) is 6.58 Å². The second kappa shape index (κ2) is 9.49. The number of esters is 1. The Bertz CT molecular complexity index is 422. The molecule has 23 heavy (non-hydrogen) atoms. The Hall–Kier alpha value is -1.64. The van der Waals surface area contributed by atoms with Crippen LogP contribution in [0.4, 0.5) is 4.79 Å². The topological polar surface area (TPSA) is 92.3 Å². The van der Waals surface area contributed by atoms with Crippen LogP contribution in [0, 0.1) is 0 Å². The maximum atomic E-state index is 11.4. The molecule has 0 aliphatic carbocycles. The third kappa shape index (κ3) is 8.53. The van der Waals surface area contributed by atoms with Crippen molar-refractivity contribution in [2.45, 2.75) is 32.7 Å². The van der Waals surface area contributed by atoms with Crippen LogP contribution in [0.15, 0.2) is 12.2 Å². The number of alkyl carbamates (subject to hydrolysis) is 1. The number of ether oxygens (including phenoxy) is 5. The first-order valence-corrected chi connectivity index (χ1v) is 7.43. The van der Waals surface area contributed by atoms with Crippen LogP contribution in [-0.4, -0.2) is 63.5 Å². The lowest BCUT2D eigenvalue weighted by molar-refractivity contribution is -0.142. The summed E-state index contributed by atoms with van der Waals surface area (Å²) in [6, 6.07) is 0. The van der Waals surface area contributed by atoms with E-state index in [0.29, 0.717) is 18.7 Å². The number of rotatable bonds is 9. The molecule has 0 aromatic carbocycles. The fourth-order valence-electron chi connectivity index (χ4n) is 1.71. The van der Waals surface area contributed by atoms with Gasteiger partial charge >= 0.3 is 12.1 Å². The van der Waals surface area contributed by atoms with E-state index < -0.39 is 17.8 Å². The molecule has 1 atom stereocenters. The molecular formula is C15H25NO7. The Balaban J connectivity index is 1.94. The van der Waals surface area contributed by atoms with Crippen molar-refractivity contribution in [3.8, 4) is 0 Å². The van der Waals surface area contributed by atoms with Gasteiger partial charge in [0.2, 0.25) is 0 Å². The highest BCUT2D eigenvalue weighted by atomic mass is 16.7. The minimum atomic E-state index is -0.633. The maximum absolute atomic E-state index is 11.4. The summed E-state index contributed by atoms with van der Waals surface area (Å²) in [5.74, 6) is -1.08. The normalized spacial score (nSPS) is 19.2. The lowest BCUT2D eigenvalue weighted by atomic mass is 10.4. The molecule has 0 saturated carbocycles. The summed E-state index contributed by atoms with van der Waals surface area (Å²) >= 11 is 0. The molecule has 1 rings (SSSR count). The fraction of sp³-hybridized carbons (Fsp3) is 0.733. The molecule has 1 fully saturated rings. The summed E-state index contributed by atoms with van der Waals surface area (Å²) in [6.45, 7) is 10.1. The van der Waals surface area contributed by atoms with E-state index in [1.807, 2.05) is 0 Å². The van der Waals surface area contributed by atoms with Crippen molar-refractivity contribution < 1.29 is 33.3 Å². The highest BCUT2D eigenvalue weighted by molar-refractivity contribution is 5.86. The van der Waals surface area contributed by atoms with Gasteiger partial charge in [0.1, 0.15) is 19.3 Å². The van der Waals surface area contributed by atoms with Crippen LogP contribution in [0.2, 0.25) is 0 Å². The summed E-state index contributed by atoms with van der Waals surface area (Å²) in [7, 11) is 0. The summed E-state index contributed by atoms with van der Waals surface area (Å²) in [6.07, 6.45) is -0.800. The zero-order valence-corrected chi connectivity index (χ0v) is 13.9. The number of hydrogen-bond donors (Lipinski definition) is 1. The monoisotopic (exact) mass is 331 g/mol. The van der Waals surface area contributed by atoms with E-state index in [1.54, 1.807) is 20.8 Å². The SMILES string of the molecule is C=C(C)C(=O)OCCOCCNC(=O)OCC1COC(C)(C)O1. The van der Waals surface area contributed by atoms with Gasteiger partial charge in [-0.25, -0.2) is 9.59 Å². The van der Waals surface area contributed by atoms with Crippen molar-refractivity contribution in [3.05, 3.63) is 12.2 Å². The average molecular weight is 331 g/mol. The molecule has 0 spiro atoms. The van der Waals surface area contributed by atoms with E-state index in [2.05, 4.69) is 11.9 Å². The van der Waals surface area contributed by atoms with Crippen LogP contribution in [0.1, 0.15) is 20.8 Å². The van der Waals surface area contributed by atoms with Crippen LogP contribution < -0.4 is 5.32 Å². The number of carbonyl (C=O) groups excluding carboxylic acids is 2. The van der Waals surface area contributed by atoms with Gasteiger partial charge in [0, 0.05) is 12.1 Å². The summed E-state index contributed by atoms with van der Waals surface area (Å²) in [5, 5.41) is 2.54. The summed E-state index contributed by atoms with van der Waals surface area (Å²) in [4.78, 5) is 22.5. The lowest BCUT2D eigenvalue weighted by Gasteiger charge is -2.17. The van der Waals surface area contributed by atoms with Crippen molar-refractivity contribution in [1.82, 2.24) is 5.32 Å². The van der Waals surface area contributed by atoms with Crippen LogP contribution in [0.3, 0.4) is 0 Å². The molecule has 8 nitrogen and oxygen atoms in total. The third-order valence-corrected chi connectivity index (χ3v) is 2.79. The molecule has 1 amide bonds. The standard InChI is InChI=1S/C15H25NO7/c1-11(2)13(17)20-8-7-19-6-5-16-14(18)21-9-12-10-22-15(3,4)23-12/h12H,1,5-10H2,2-4H3,(H,16,18). The fourth-order valence-corrected chi connectivity index (χ4v) is 1.71. The maximum Gasteiger partial charge on any atom is 0.407 e. The van der Waals surface area contributed by atoms with Gasteiger partial charge in [-0.3, -0.25) is 0 Å². The van der Waals surface area contributed by atoms with Crippen LogP contribution in [-0.2, 0) is 28.5 Å². The molecule has 1 N–H and O–H groups in total. The second-order valence-electron chi connectivity index (χ2n) is 5.50. The highest BCUT2D eigenvalue weighted by Crippen LogP contribution is 2.22. The van der Waals surface area contributed by atoms with E-state index in [4.69, 9.17) is 23.7 Å². The number of carbonyl (C=O) groups is 2. The highest BCUT2D eigenvalue weighted by Gasteiger charge is 2.33. The van der Waals surface area contributed by atoms with E-state index in [0.717, 1.165) is 0 Å². The Kier molecular flexibility index (Phi) is 8.01. The van der Waals surface area contributed by atoms with Crippen molar-refractivity contribution >= 4 is 12.1 Å². The predicted octanol–water partition coefficient (Wildman–Crippen LogP) is 1.00. The molecule has 0 aromatic heterocycles. The summed E-state index contributed by atoms with van der Waals surface area (Å²) in [5.41, 5.74) is 0.342. The second-order valence-corrected chi connectivity index (χ2v) is 5.50. The molecule has 1 aliphatic rings. The Morgan fingerprint density at radius 2 is 2.00 bits per heavy atom. The smallest absolute Gasteiger partial charge is 0.407 e. The van der Waals surface area contributed by atoms with E-state index in [9.17, 15) is 9.59 Å². The minimum absolute atomic E-state index is 0.132. The number of amides is 1. The molecule has 0 radical (unpaired) electrons. The van der Waals surface area contributed by atoms with Gasteiger partial charge in [0.15, 0.2) is 5.79 Å². The van der Waals surface area contributed by atoms with Crippen molar-refractivity contribution in [1.29, 1.82) is 0 Å². The first-order valence-electron chi connectivity index (χ1n) is 7.43. The van der Waals surface area contributed by atoms with E-state index in [-0.39, 0.29) is 32.5 Å². The Morgan fingerprint density at radius 3 is 2.61 bits per heavy atom. The molecule has 8 heteroatoms. The molecule has 1 aliphatic heterocycles. The predicted molar refractivity (Wildman–Crippen MR) is 80.8 cm³/mol. The molecule has 0 aromatic rings. The van der Waals surface area contributed by atoms with Crippen LogP contribution in [0.25, 0.3) is 0 Å².